The summed E-state index contributed by atoms with van der Waals surface area (Å²) in [5, 5.41) is 1.07. The summed E-state index contributed by atoms with van der Waals surface area (Å²) in [7, 11) is 2.14. The van der Waals surface area contributed by atoms with Gasteiger partial charge in [0.05, 0.1) is 5.52 Å². The van der Waals surface area contributed by atoms with Gasteiger partial charge in [0.1, 0.15) is 12.1 Å². The van der Waals surface area contributed by atoms with Crippen molar-refractivity contribution in [3.63, 3.8) is 0 Å². The predicted octanol–water partition coefficient (Wildman–Crippen LogP) is 1.80. The number of carbonyl (C=O) groups is 1. The van der Waals surface area contributed by atoms with E-state index in [0.717, 1.165) is 49.2 Å². The molecule has 98 valence electrons. The quantitative estimate of drug-likeness (QED) is 0.767. The van der Waals surface area contributed by atoms with Crippen LogP contribution in [0.15, 0.2) is 30.3 Å². The van der Waals surface area contributed by atoms with Crippen LogP contribution >= 0.6 is 0 Å². The molecule has 2 heterocycles. The fourth-order valence-corrected chi connectivity index (χ4v) is 2.41. The van der Waals surface area contributed by atoms with Crippen LogP contribution < -0.4 is 4.90 Å². The standard InChI is InChI=1S/C15H17N3O/c1-17-6-8-18(9-7-17)15-5-4-13-3-2-12(11-19)10-14(13)16-15/h2-5,10-11H,6-9H2,1H3. The SMILES string of the molecule is CN1CCN(c2ccc3ccc(C=O)cc3n2)CC1. The van der Waals surface area contributed by atoms with E-state index in [1.807, 2.05) is 18.2 Å². The lowest BCUT2D eigenvalue weighted by Gasteiger charge is -2.33. The molecule has 4 nitrogen and oxygen atoms in total. The third-order valence-corrected chi connectivity index (χ3v) is 3.66. The largest absolute Gasteiger partial charge is 0.354 e. The van der Waals surface area contributed by atoms with Crippen LogP contribution in [0.4, 0.5) is 5.82 Å². The van der Waals surface area contributed by atoms with Crippen molar-refractivity contribution in [3.05, 3.63) is 35.9 Å². The first kappa shape index (κ1) is 12.1. The molecule has 0 amide bonds. The molecular weight excluding hydrogens is 238 g/mol. The average molecular weight is 255 g/mol. The summed E-state index contributed by atoms with van der Waals surface area (Å²) >= 11 is 0. The fraction of sp³-hybridized carbons (Fsp3) is 0.333. The number of benzene rings is 1. The van der Waals surface area contributed by atoms with Crippen LogP contribution in [0.3, 0.4) is 0 Å². The molecule has 0 unspecified atom stereocenters. The van der Waals surface area contributed by atoms with Crippen molar-refractivity contribution in [2.24, 2.45) is 0 Å². The Kier molecular flexibility index (Phi) is 3.17. The van der Waals surface area contributed by atoms with Gasteiger partial charge >= 0.3 is 0 Å². The highest BCUT2D eigenvalue weighted by Crippen LogP contribution is 2.19. The number of hydrogen-bond acceptors (Lipinski definition) is 4. The number of rotatable bonds is 2. The normalized spacial score (nSPS) is 16.8. The Morgan fingerprint density at radius 3 is 2.58 bits per heavy atom. The minimum Gasteiger partial charge on any atom is -0.354 e. The summed E-state index contributed by atoms with van der Waals surface area (Å²) in [6, 6.07) is 9.76. The van der Waals surface area contributed by atoms with Crippen LogP contribution in [0.1, 0.15) is 10.4 Å². The lowest BCUT2D eigenvalue weighted by Crippen LogP contribution is -2.44. The molecule has 1 aromatic heterocycles. The summed E-state index contributed by atoms with van der Waals surface area (Å²) in [6.07, 6.45) is 0.865. The highest BCUT2D eigenvalue weighted by atomic mass is 16.1. The minimum absolute atomic E-state index is 0.676. The molecular formula is C15H17N3O. The Hall–Kier alpha value is -1.94. The zero-order valence-corrected chi connectivity index (χ0v) is 11.0. The van der Waals surface area contributed by atoms with Crippen LogP contribution in [0.25, 0.3) is 10.9 Å². The molecule has 0 radical (unpaired) electrons. The van der Waals surface area contributed by atoms with Gasteiger partial charge in [0, 0.05) is 37.1 Å². The Bertz CT molecular complexity index is 603. The highest BCUT2D eigenvalue weighted by molar-refractivity contribution is 5.87. The van der Waals surface area contributed by atoms with E-state index < -0.39 is 0 Å². The molecule has 0 spiro atoms. The minimum atomic E-state index is 0.676. The van der Waals surface area contributed by atoms with Gasteiger partial charge in [-0.3, -0.25) is 4.79 Å². The molecule has 0 saturated carbocycles. The van der Waals surface area contributed by atoms with E-state index in [2.05, 4.69) is 34.0 Å². The Balaban J connectivity index is 1.94. The van der Waals surface area contributed by atoms with Gasteiger partial charge in [0.25, 0.3) is 0 Å². The monoisotopic (exact) mass is 255 g/mol. The first-order valence-electron chi connectivity index (χ1n) is 6.56. The summed E-state index contributed by atoms with van der Waals surface area (Å²) in [4.78, 5) is 20.1. The van der Waals surface area contributed by atoms with Gasteiger partial charge in [-0.15, -0.1) is 0 Å². The molecule has 0 atom stereocenters. The first-order valence-corrected chi connectivity index (χ1v) is 6.56. The second-order valence-corrected chi connectivity index (χ2v) is 5.03. The summed E-state index contributed by atoms with van der Waals surface area (Å²) in [5.41, 5.74) is 1.57. The van der Waals surface area contributed by atoms with Crippen LogP contribution in [-0.4, -0.2) is 49.4 Å². The second-order valence-electron chi connectivity index (χ2n) is 5.03. The second kappa shape index (κ2) is 4.97. The van der Waals surface area contributed by atoms with E-state index in [-0.39, 0.29) is 0 Å². The highest BCUT2D eigenvalue weighted by Gasteiger charge is 2.15. The molecule has 1 saturated heterocycles. The van der Waals surface area contributed by atoms with Gasteiger partial charge in [-0.1, -0.05) is 12.1 Å². The number of anilines is 1. The van der Waals surface area contributed by atoms with Gasteiger partial charge < -0.3 is 9.80 Å². The van der Waals surface area contributed by atoms with E-state index in [1.165, 1.54) is 0 Å². The van der Waals surface area contributed by atoms with Crippen molar-refractivity contribution in [3.8, 4) is 0 Å². The summed E-state index contributed by atoms with van der Waals surface area (Å²) < 4.78 is 0. The van der Waals surface area contributed by atoms with Crippen molar-refractivity contribution >= 4 is 23.0 Å². The number of hydrogen-bond donors (Lipinski definition) is 0. The topological polar surface area (TPSA) is 36.4 Å². The molecule has 19 heavy (non-hydrogen) atoms. The van der Waals surface area contributed by atoms with E-state index in [1.54, 1.807) is 0 Å². The van der Waals surface area contributed by atoms with Crippen molar-refractivity contribution in [2.75, 3.05) is 38.1 Å². The lowest BCUT2D eigenvalue weighted by atomic mass is 10.1. The van der Waals surface area contributed by atoms with Crippen molar-refractivity contribution < 1.29 is 4.79 Å². The van der Waals surface area contributed by atoms with Gasteiger partial charge in [0.2, 0.25) is 0 Å². The molecule has 0 aliphatic carbocycles. The molecule has 3 rings (SSSR count). The third kappa shape index (κ3) is 2.44. The lowest BCUT2D eigenvalue weighted by molar-refractivity contribution is 0.112. The zero-order chi connectivity index (χ0) is 13.2. The maximum atomic E-state index is 10.8. The predicted molar refractivity (Wildman–Crippen MR) is 76.8 cm³/mol. The Labute approximate surface area is 112 Å². The number of aldehydes is 1. The first-order chi connectivity index (χ1) is 9.26. The molecule has 1 aliphatic heterocycles. The van der Waals surface area contributed by atoms with Crippen LogP contribution in [0.2, 0.25) is 0 Å². The number of nitrogens with zero attached hydrogens (tertiary/aromatic N) is 3. The number of pyridine rings is 1. The maximum absolute atomic E-state index is 10.8. The Morgan fingerprint density at radius 1 is 1.11 bits per heavy atom. The number of piperazine rings is 1. The van der Waals surface area contributed by atoms with Gasteiger partial charge in [0.15, 0.2) is 0 Å². The molecule has 0 N–H and O–H groups in total. The molecule has 4 heteroatoms. The van der Waals surface area contributed by atoms with Crippen LogP contribution in [-0.2, 0) is 0 Å². The van der Waals surface area contributed by atoms with Crippen molar-refractivity contribution in [1.82, 2.24) is 9.88 Å². The van der Waals surface area contributed by atoms with Crippen molar-refractivity contribution in [2.45, 2.75) is 0 Å². The van der Waals surface area contributed by atoms with E-state index in [4.69, 9.17) is 0 Å². The van der Waals surface area contributed by atoms with E-state index in [9.17, 15) is 4.79 Å². The van der Waals surface area contributed by atoms with Gasteiger partial charge in [-0.05, 0) is 25.2 Å². The number of carbonyl (C=O) groups excluding carboxylic acids is 1. The molecule has 1 fully saturated rings. The molecule has 2 aromatic rings. The number of fused-ring (bicyclic) bond motifs is 1. The average Bonchev–Trinajstić information content (AvgIpc) is 2.47. The van der Waals surface area contributed by atoms with Crippen molar-refractivity contribution in [1.29, 1.82) is 0 Å². The number of likely N-dealkylation sites (N-methyl/N-ethyl adjacent to an activating group) is 1. The Morgan fingerprint density at radius 2 is 1.84 bits per heavy atom. The van der Waals surface area contributed by atoms with Crippen LogP contribution in [0, 0.1) is 0 Å². The zero-order valence-electron chi connectivity index (χ0n) is 11.0. The molecule has 1 aromatic carbocycles. The smallest absolute Gasteiger partial charge is 0.150 e. The molecule has 0 bridgehead atoms. The number of aromatic nitrogens is 1. The summed E-state index contributed by atoms with van der Waals surface area (Å²) in [5.74, 6) is 1.00. The molecule has 1 aliphatic rings. The fourth-order valence-electron chi connectivity index (χ4n) is 2.41. The van der Waals surface area contributed by atoms with Crippen LogP contribution in [0.5, 0.6) is 0 Å². The summed E-state index contributed by atoms with van der Waals surface area (Å²) in [6.45, 7) is 4.13. The third-order valence-electron chi connectivity index (χ3n) is 3.66. The van der Waals surface area contributed by atoms with E-state index in [0.29, 0.717) is 5.56 Å². The van der Waals surface area contributed by atoms with Gasteiger partial charge in [-0.25, -0.2) is 4.98 Å². The van der Waals surface area contributed by atoms with E-state index >= 15 is 0 Å². The maximum Gasteiger partial charge on any atom is 0.150 e. The van der Waals surface area contributed by atoms with Gasteiger partial charge in [-0.2, -0.15) is 0 Å².